The molecule has 0 radical (unpaired) electrons. The van der Waals surface area contributed by atoms with Gasteiger partial charge in [-0.15, -0.1) is 12.4 Å². The summed E-state index contributed by atoms with van der Waals surface area (Å²) in [6.45, 7) is 3.31. The van der Waals surface area contributed by atoms with E-state index < -0.39 is 35.7 Å². The average Bonchev–Trinajstić information content (AvgIpc) is 2.58. The first-order valence-corrected chi connectivity index (χ1v) is 7.89. The number of hydrogen-bond acceptors (Lipinski definition) is 5. The first-order valence-electron chi connectivity index (χ1n) is 7.89. The number of rotatable bonds is 8. The fourth-order valence-electron chi connectivity index (χ4n) is 2.03. The summed E-state index contributed by atoms with van der Waals surface area (Å²) in [6, 6.07) is 3.99. The summed E-state index contributed by atoms with van der Waals surface area (Å²) in [6.07, 6.45) is -0.118. The highest BCUT2D eigenvalue weighted by molar-refractivity contribution is 5.87. The highest BCUT2D eigenvalue weighted by atomic mass is 35.5. The summed E-state index contributed by atoms with van der Waals surface area (Å²) in [5.41, 5.74) is 6.24. The molecule has 1 aromatic carbocycles. The van der Waals surface area contributed by atoms with E-state index in [2.05, 4.69) is 15.4 Å². The molecule has 1 aromatic rings. The summed E-state index contributed by atoms with van der Waals surface area (Å²) in [5.74, 6) is -1.95. The summed E-state index contributed by atoms with van der Waals surface area (Å²) < 4.78 is 17.7. The molecule has 0 fully saturated rings. The number of esters is 1. The molecule has 0 aliphatic heterocycles. The smallest absolute Gasteiger partial charge is 0.307 e. The molecule has 0 aliphatic carbocycles. The van der Waals surface area contributed by atoms with E-state index in [-0.39, 0.29) is 31.3 Å². The van der Waals surface area contributed by atoms with Crippen molar-refractivity contribution in [2.75, 3.05) is 13.7 Å². The van der Waals surface area contributed by atoms with E-state index in [9.17, 15) is 18.8 Å². The molecular weight excluding hydrogens is 365 g/mol. The maximum Gasteiger partial charge on any atom is 0.307 e. The third kappa shape index (κ3) is 7.79. The minimum atomic E-state index is -0.712. The number of carbonyl (C=O) groups excluding carboxylic acids is 3. The summed E-state index contributed by atoms with van der Waals surface area (Å²) in [7, 11) is 1.24. The molecule has 9 heteroatoms. The molecule has 0 aliphatic rings. The van der Waals surface area contributed by atoms with Crippen molar-refractivity contribution in [2.45, 2.75) is 32.4 Å². The Bertz CT molecular complexity index is 611. The normalized spacial score (nSPS) is 12.5. The SMILES string of the molecule is COC(=O)CC(NC(=O)CNC(=O)[C@@H](N)C(C)C)c1ccc(F)cc1.Cl. The Kier molecular flexibility index (Phi) is 10.5. The van der Waals surface area contributed by atoms with Gasteiger partial charge in [-0.2, -0.15) is 0 Å². The van der Waals surface area contributed by atoms with Crippen molar-refractivity contribution in [1.82, 2.24) is 10.6 Å². The second-order valence-electron chi connectivity index (χ2n) is 5.94. The van der Waals surface area contributed by atoms with Crippen LogP contribution in [0.2, 0.25) is 0 Å². The third-order valence-electron chi connectivity index (χ3n) is 3.65. The number of benzene rings is 1. The van der Waals surface area contributed by atoms with Crippen molar-refractivity contribution < 1.29 is 23.5 Å². The van der Waals surface area contributed by atoms with E-state index in [0.717, 1.165) is 0 Å². The first-order chi connectivity index (χ1) is 11.7. The lowest BCUT2D eigenvalue weighted by Crippen LogP contribution is -2.47. The fourth-order valence-corrected chi connectivity index (χ4v) is 2.03. The van der Waals surface area contributed by atoms with E-state index in [1.165, 1.54) is 31.4 Å². The predicted octanol–water partition coefficient (Wildman–Crippen LogP) is 1.07. The maximum atomic E-state index is 13.1. The molecule has 4 N–H and O–H groups in total. The first kappa shape index (κ1) is 23.8. The third-order valence-corrected chi connectivity index (χ3v) is 3.65. The second kappa shape index (κ2) is 11.4. The number of methoxy groups -OCH3 is 1. The Balaban J connectivity index is 0.00000625. The number of ether oxygens (including phenoxy) is 1. The van der Waals surface area contributed by atoms with E-state index in [1.807, 2.05) is 0 Å². The van der Waals surface area contributed by atoms with Gasteiger partial charge in [0.15, 0.2) is 0 Å². The standard InChI is InChI=1S/C17H24FN3O4.ClH/c1-10(2)16(19)17(24)20-9-14(22)21-13(8-15(23)25-3)11-4-6-12(18)7-5-11;/h4-7,10,13,16H,8-9,19H2,1-3H3,(H,20,24)(H,21,22);1H/t13?,16-;/m0./s1. The molecule has 26 heavy (non-hydrogen) atoms. The van der Waals surface area contributed by atoms with E-state index >= 15 is 0 Å². The van der Waals surface area contributed by atoms with Crippen LogP contribution in [0.15, 0.2) is 24.3 Å². The molecule has 1 rings (SSSR count). The van der Waals surface area contributed by atoms with Crippen molar-refractivity contribution in [2.24, 2.45) is 11.7 Å². The zero-order valence-corrected chi connectivity index (χ0v) is 15.8. The predicted molar refractivity (Wildman–Crippen MR) is 97.0 cm³/mol. The lowest BCUT2D eigenvalue weighted by molar-refractivity contribution is -0.141. The van der Waals surface area contributed by atoms with E-state index in [4.69, 9.17) is 5.73 Å². The van der Waals surface area contributed by atoms with Crippen molar-refractivity contribution in [3.8, 4) is 0 Å². The lowest BCUT2D eigenvalue weighted by atomic mass is 10.0. The van der Waals surface area contributed by atoms with Gasteiger partial charge in [-0.25, -0.2) is 4.39 Å². The number of halogens is 2. The highest BCUT2D eigenvalue weighted by Crippen LogP contribution is 2.18. The molecule has 0 aromatic heterocycles. The van der Waals surface area contributed by atoms with Crippen molar-refractivity contribution in [3.63, 3.8) is 0 Å². The minimum Gasteiger partial charge on any atom is -0.469 e. The average molecular weight is 390 g/mol. The Morgan fingerprint density at radius 2 is 1.77 bits per heavy atom. The van der Waals surface area contributed by atoms with Crippen molar-refractivity contribution in [1.29, 1.82) is 0 Å². The molecule has 0 spiro atoms. The van der Waals surface area contributed by atoms with Crippen LogP contribution in [0, 0.1) is 11.7 Å². The molecule has 0 bridgehead atoms. The lowest BCUT2D eigenvalue weighted by Gasteiger charge is -2.19. The molecule has 146 valence electrons. The second-order valence-corrected chi connectivity index (χ2v) is 5.94. The summed E-state index contributed by atoms with van der Waals surface area (Å²) >= 11 is 0. The van der Waals surface area contributed by atoms with Crippen LogP contribution in [-0.4, -0.2) is 37.5 Å². The Hall–Kier alpha value is -2.19. The minimum absolute atomic E-state index is 0. The van der Waals surface area contributed by atoms with Gasteiger partial charge in [-0.3, -0.25) is 14.4 Å². The summed E-state index contributed by atoms with van der Waals surface area (Å²) in [5, 5.41) is 5.07. The zero-order valence-electron chi connectivity index (χ0n) is 15.0. The van der Waals surface area contributed by atoms with Crippen LogP contribution >= 0.6 is 12.4 Å². The Labute approximate surface area is 158 Å². The Morgan fingerprint density at radius 1 is 1.19 bits per heavy atom. The van der Waals surface area contributed by atoms with Gasteiger partial charge in [-0.1, -0.05) is 26.0 Å². The number of amides is 2. The molecule has 7 nitrogen and oxygen atoms in total. The number of hydrogen-bond donors (Lipinski definition) is 3. The Morgan fingerprint density at radius 3 is 2.27 bits per heavy atom. The van der Waals surface area contributed by atoms with Gasteiger partial charge >= 0.3 is 5.97 Å². The number of nitrogens with one attached hydrogen (secondary N) is 2. The van der Waals surface area contributed by atoms with Gasteiger partial charge in [0, 0.05) is 0 Å². The van der Waals surface area contributed by atoms with Gasteiger partial charge in [-0.05, 0) is 23.6 Å². The van der Waals surface area contributed by atoms with Crippen LogP contribution in [-0.2, 0) is 19.1 Å². The van der Waals surface area contributed by atoms with Crippen LogP contribution < -0.4 is 16.4 Å². The largest absolute Gasteiger partial charge is 0.469 e. The van der Waals surface area contributed by atoms with Gasteiger partial charge in [0.25, 0.3) is 0 Å². The van der Waals surface area contributed by atoms with Crippen molar-refractivity contribution >= 4 is 30.2 Å². The van der Waals surface area contributed by atoms with E-state index in [0.29, 0.717) is 5.56 Å². The molecule has 0 saturated carbocycles. The van der Waals surface area contributed by atoms with Crippen LogP contribution in [0.25, 0.3) is 0 Å². The van der Waals surface area contributed by atoms with Crippen LogP contribution in [0.5, 0.6) is 0 Å². The molecule has 2 amide bonds. The quantitative estimate of drug-likeness (QED) is 0.576. The van der Waals surface area contributed by atoms with Crippen LogP contribution in [0.4, 0.5) is 4.39 Å². The molecule has 0 heterocycles. The van der Waals surface area contributed by atoms with Crippen molar-refractivity contribution in [3.05, 3.63) is 35.6 Å². The topological polar surface area (TPSA) is 111 Å². The monoisotopic (exact) mass is 389 g/mol. The molecule has 2 atom stereocenters. The maximum absolute atomic E-state index is 13.1. The van der Waals surface area contributed by atoms with Crippen LogP contribution in [0.1, 0.15) is 31.9 Å². The van der Waals surface area contributed by atoms with Gasteiger partial charge in [0.1, 0.15) is 5.82 Å². The van der Waals surface area contributed by atoms with Gasteiger partial charge in [0.05, 0.1) is 32.2 Å². The molecule has 0 saturated heterocycles. The summed E-state index contributed by atoms with van der Waals surface area (Å²) in [4.78, 5) is 35.4. The van der Waals surface area contributed by atoms with E-state index in [1.54, 1.807) is 13.8 Å². The molecular formula is C17H25ClFN3O4. The zero-order chi connectivity index (χ0) is 19.0. The molecule has 1 unspecified atom stereocenters. The number of nitrogens with two attached hydrogens (primary N) is 1. The highest BCUT2D eigenvalue weighted by Gasteiger charge is 2.21. The fraction of sp³-hybridized carbons (Fsp3) is 0.471. The van der Waals surface area contributed by atoms with Gasteiger partial charge in [0.2, 0.25) is 11.8 Å². The van der Waals surface area contributed by atoms with Crippen LogP contribution in [0.3, 0.4) is 0 Å². The number of carbonyl (C=O) groups is 3. The van der Waals surface area contributed by atoms with Gasteiger partial charge < -0.3 is 21.1 Å².